The highest BCUT2D eigenvalue weighted by Gasteiger charge is 2.55. The molecule has 23 heavy (non-hydrogen) atoms. The van der Waals surface area contributed by atoms with Crippen molar-refractivity contribution < 1.29 is 42.4 Å². The topological polar surface area (TPSA) is 90.9 Å². The van der Waals surface area contributed by atoms with Crippen LogP contribution in [0.2, 0.25) is 0 Å². The lowest BCUT2D eigenvalue weighted by molar-refractivity contribution is -0.393. The number of hydrogen-bond acceptors (Lipinski definition) is 9. The molecule has 0 aromatic rings. The van der Waals surface area contributed by atoms with Crippen molar-refractivity contribution in [3.05, 3.63) is 12.7 Å². The summed E-state index contributed by atoms with van der Waals surface area (Å²) in [7, 11) is -4.02. The first-order valence-electron chi connectivity index (χ1n) is 7.50. The van der Waals surface area contributed by atoms with Crippen LogP contribution < -0.4 is 0 Å². The molecule has 0 fully saturated rings. The number of ether oxygens (including phenoxy) is 1. The maximum absolute atomic E-state index is 11.4. The number of carbonyl (C=O) groups excluding carboxylic acids is 1. The summed E-state index contributed by atoms with van der Waals surface area (Å²) in [5, 5.41) is 0. The van der Waals surface area contributed by atoms with E-state index in [2.05, 4.69) is 6.58 Å². The molecule has 0 aliphatic rings. The van der Waals surface area contributed by atoms with E-state index in [1.807, 2.05) is 6.92 Å². The zero-order chi connectivity index (χ0) is 17.6. The fourth-order valence-corrected chi connectivity index (χ4v) is 2.69. The Morgan fingerprint density at radius 2 is 1.48 bits per heavy atom. The third-order valence-corrected chi connectivity index (χ3v) is 3.57. The Balaban J connectivity index is 5.11. The summed E-state index contributed by atoms with van der Waals surface area (Å²) in [5.41, 5.74) is 0. The highest BCUT2D eigenvalue weighted by molar-refractivity contribution is 6.52. The van der Waals surface area contributed by atoms with Crippen molar-refractivity contribution in [2.45, 2.75) is 46.8 Å². The molecule has 0 saturated heterocycles. The van der Waals surface area contributed by atoms with Gasteiger partial charge in [-0.3, -0.25) is 0 Å². The lowest BCUT2D eigenvalue weighted by atomic mass is 10.3. The van der Waals surface area contributed by atoms with Gasteiger partial charge in [-0.05, 0) is 20.8 Å². The van der Waals surface area contributed by atoms with Crippen LogP contribution in [-0.2, 0) is 42.4 Å². The Kier molecular flexibility index (Phi) is 13.1. The van der Waals surface area contributed by atoms with Crippen LogP contribution in [0.1, 0.15) is 40.5 Å². The largest absolute Gasteiger partial charge is 0.767 e. The molecule has 0 radical (unpaired) electrons. The highest BCUT2D eigenvalue weighted by Crippen LogP contribution is 2.19. The van der Waals surface area contributed by atoms with Crippen molar-refractivity contribution in [3.8, 4) is 0 Å². The van der Waals surface area contributed by atoms with Crippen molar-refractivity contribution >= 4 is 15.0 Å². The normalized spacial score (nSPS) is 12.9. The molecule has 0 amide bonds. The quantitative estimate of drug-likeness (QED) is 0.110. The standard InChI is InChI=1S/C13H26O9Si/c1-6-11-13(18-12(14)7-2)19-23(20-15-8-3,21-16-9-4)22-17-10-5/h7,13H,2,6,8-11H2,1,3-5H3. The Morgan fingerprint density at radius 1 is 1.00 bits per heavy atom. The summed E-state index contributed by atoms with van der Waals surface area (Å²) >= 11 is 0. The van der Waals surface area contributed by atoms with Crippen LogP contribution in [0.4, 0.5) is 0 Å². The summed E-state index contributed by atoms with van der Waals surface area (Å²) in [5.74, 6) is -0.657. The van der Waals surface area contributed by atoms with Crippen LogP contribution in [0.5, 0.6) is 0 Å². The summed E-state index contributed by atoms with van der Waals surface area (Å²) in [6, 6.07) is 0. The summed E-state index contributed by atoms with van der Waals surface area (Å²) < 4.78 is 25.9. The van der Waals surface area contributed by atoms with Crippen LogP contribution >= 0.6 is 0 Å². The third-order valence-electron chi connectivity index (χ3n) is 2.05. The zero-order valence-electron chi connectivity index (χ0n) is 14.1. The van der Waals surface area contributed by atoms with Crippen molar-refractivity contribution in [3.63, 3.8) is 0 Å². The van der Waals surface area contributed by atoms with Crippen LogP contribution in [0, 0.1) is 0 Å². The van der Waals surface area contributed by atoms with E-state index in [1.165, 1.54) is 0 Å². The molecule has 1 atom stereocenters. The van der Waals surface area contributed by atoms with E-state index in [1.54, 1.807) is 20.8 Å². The minimum absolute atomic E-state index is 0.202. The zero-order valence-corrected chi connectivity index (χ0v) is 15.1. The van der Waals surface area contributed by atoms with E-state index >= 15 is 0 Å². The molecule has 0 aromatic carbocycles. The molecule has 0 aromatic heterocycles. The molecule has 0 heterocycles. The molecule has 0 N–H and O–H groups in total. The second kappa shape index (κ2) is 13.6. The van der Waals surface area contributed by atoms with Crippen LogP contribution in [0.15, 0.2) is 12.7 Å². The van der Waals surface area contributed by atoms with E-state index in [0.717, 1.165) is 6.08 Å². The molecule has 0 aliphatic heterocycles. The molecule has 0 rings (SSSR count). The Bertz CT molecular complexity index is 305. The second-order valence-electron chi connectivity index (χ2n) is 3.95. The molecular formula is C13H26O9Si. The van der Waals surface area contributed by atoms with Gasteiger partial charge in [0.25, 0.3) is 0 Å². The van der Waals surface area contributed by atoms with Crippen molar-refractivity contribution in [1.29, 1.82) is 0 Å². The van der Waals surface area contributed by atoms with E-state index in [-0.39, 0.29) is 19.8 Å². The van der Waals surface area contributed by atoms with Crippen LogP contribution in [0.25, 0.3) is 0 Å². The first-order chi connectivity index (χ1) is 11.1. The third kappa shape index (κ3) is 9.79. The predicted molar refractivity (Wildman–Crippen MR) is 80.0 cm³/mol. The average molecular weight is 354 g/mol. The lowest BCUT2D eigenvalue weighted by Gasteiger charge is -2.27. The maximum Gasteiger partial charge on any atom is 0.767 e. The van der Waals surface area contributed by atoms with Crippen molar-refractivity contribution in [2.24, 2.45) is 0 Å². The summed E-state index contributed by atoms with van der Waals surface area (Å²) in [4.78, 5) is 26.0. The fraction of sp³-hybridized carbons (Fsp3) is 0.769. The molecule has 0 spiro atoms. The van der Waals surface area contributed by atoms with Gasteiger partial charge >= 0.3 is 15.0 Å². The number of esters is 1. The molecular weight excluding hydrogens is 328 g/mol. The first-order valence-corrected chi connectivity index (χ1v) is 9.13. The van der Waals surface area contributed by atoms with Gasteiger partial charge in [0, 0.05) is 12.5 Å². The second-order valence-corrected chi connectivity index (χ2v) is 5.68. The van der Waals surface area contributed by atoms with Gasteiger partial charge in [-0.15, -0.1) is 0 Å². The SMILES string of the molecule is C=CC(=O)OC(CCC)O[Si](OOCC)(OOCC)OOCC. The molecule has 0 aliphatic carbocycles. The molecule has 0 bridgehead atoms. The van der Waals surface area contributed by atoms with Crippen molar-refractivity contribution in [2.75, 3.05) is 19.8 Å². The fourth-order valence-electron chi connectivity index (χ4n) is 1.21. The van der Waals surface area contributed by atoms with Gasteiger partial charge < -0.3 is 9.16 Å². The molecule has 9 nitrogen and oxygen atoms in total. The number of carbonyl (C=O) groups is 1. The average Bonchev–Trinajstić information content (AvgIpc) is 2.56. The van der Waals surface area contributed by atoms with Gasteiger partial charge in [0.05, 0.1) is 19.8 Å². The van der Waals surface area contributed by atoms with Gasteiger partial charge in [0.2, 0.25) is 0 Å². The first kappa shape index (κ1) is 22.1. The van der Waals surface area contributed by atoms with Gasteiger partial charge in [0.1, 0.15) is 0 Å². The molecule has 10 heteroatoms. The molecule has 136 valence electrons. The van der Waals surface area contributed by atoms with E-state index in [4.69, 9.17) is 37.6 Å². The number of rotatable bonds is 15. The van der Waals surface area contributed by atoms with Crippen LogP contribution in [-0.4, -0.2) is 41.1 Å². The maximum atomic E-state index is 11.4. The van der Waals surface area contributed by atoms with E-state index in [0.29, 0.717) is 12.8 Å². The van der Waals surface area contributed by atoms with Gasteiger partial charge in [0.15, 0.2) is 6.29 Å². The van der Waals surface area contributed by atoms with Crippen molar-refractivity contribution in [1.82, 2.24) is 0 Å². The summed E-state index contributed by atoms with van der Waals surface area (Å²) in [6.45, 7) is 10.9. The minimum atomic E-state index is -4.02. The minimum Gasteiger partial charge on any atom is -0.433 e. The Hall–Kier alpha value is -0.853. The molecule has 1 unspecified atom stereocenters. The predicted octanol–water partition coefficient (Wildman–Crippen LogP) is 2.20. The van der Waals surface area contributed by atoms with Gasteiger partial charge in [-0.1, -0.05) is 19.9 Å². The van der Waals surface area contributed by atoms with Gasteiger partial charge in [-0.2, -0.15) is 13.7 Å². The Morgan fingerprint density at radius 3 is 1.83 bits per heavy atom. The molecule has 0 saturated carbocycles. The van der Waals surface area contributed by atoms with Crippen LogP contribution in [0.3, 0.4) is 0 Å². The summed E-state index contributed by atoms with van der Waals surface area (Å²) in [6.07, 6.45) is 1.05. The lowest BCUT2D eigenvalue weighted by Crippen LogP contribution is -2.52. The highest BCUT2D eigenvalue weighted by atomic mass is 28.4. The number of hydrogen-bond donors (Lipinski definition) is 0. The van der Waals surface area contributed by atoms with Gasteiger partial charge in [-0.25, -0.2) is 19.5 Å². The monoisotopic (exact) mass is 354 g/mol. The van der Waals surface area contributed by atoms with E-state index < -0.39 is 21.3 Å². The smallest absolute Gasteiger partial charge is 0.433 e. The van der Waals surface area contributed by atoms with E-state index in [9.17, 15) is 4.79 Å². The Labute approximate surface area is 137 Å².